The summed E-state index contributed by atoms with van der Waals surface area (Å²) in [6.07, 6.45) is 2.40. The Labute approximate surface area is 185 Å². The number of benzene rings is 1. The number of hydrogen-bond acceptors (Lipinski definition) is 5. The average molecular weight is 449 g/mol. The zero-order chi connectivity index (χ0) is 21.5. The van der Waals surface area contributed by atoms with Gasteiger partial charge in [0.25, 0.3) is 0 Å². The van der Waals surface area contributed by atoms with E-state index in [9.17, 15) is 9.59 Å². The molecule has 1 aromatic heterocycles. The second kappa shape index (κ2) is 10.6. The molecule has 0 spiro atoms. The minimum Gasteiger partial charge on any atom is -0.491 e. The number of carbonyl (C=O) groups excluding carboxylic acids is 2. The summed E-state index contributed by atoms with van der Waals surface area (Å²) < 4.78 is 10.9. The van der Waals surface area contributed by atoms with Crippen LogP contribution in [0.5, 0.6) is 5.75 Å². The molecular formula is C22H25ClN2O4S. The number of thiophene rings is 1. The van der Waals surface area contributed by atoms with Crippen molar-refractivity contribution in [1.29, 1.82) is 0 Å². The molecule has 1 aliphatic heterocycles. The van der Waals surface area contributed by atoms with Crippen LogP contribution in [0.25, 0.3) is 0 Å². The lowest BCUT2D eigenvalue weighted by molar-refractivity contribution is -0.144. The summed E-state index contributed by atoms with van der Waals surface area (Å²) in [5.74, 6) is 0.327. The molecule has 0 saturated heterocycles. The van der Waals surface area contributed by atoms with Crippen molar-refractivity contribution in [3.05, 3.63) is 63.8 Å². The van der Waals surface area contributed by atoms with Gasteiger partial charge >= 0.3 is 0 Å². The van der Waals surface area contributed by atoms with Crippen LogP contribution in [0.2, 0.25) is 5.02 Å². The van der Waals surface area contributed by atoms with Crippen molar-refractivity contribution in [2.24, 2.45) is 0 Å². The second-order valence-electron chi connectivity index (χ2n) is 6.91. The van der Waals surface area contributed by atoms with Gasteiger partial charge in [0.15, 0.2) is 0 Å². The van der Waals surface area contributed by atoms with Crippen molar-refractivity contribution in [2.75, 3.05) is 40.0 Å². The molecule has 0 saturated carbocycles. The van der Waals surface area contributed by atoms with E-state index in [4.69, 9.17) is 21.1 Å². The Hall–Kier alpha value is -2.35. The zero-order valence-electron chi connectivity index (χ0n) is 16.9. The number of hydrogen-bond donors (Lipinski definition) is 0. The molecule has 0 fully saturated rings. The van der Waals surface area contributed by atoms with Gasteiger partial charge in [0.2, 0.25) is 11.8 Å². The molecular weight excluding hydrogens is 424 g/mol. The lowest BCUT2D eigenvalue weighted by Gasteiger charge is -2.37. The zero-order valence-corrected chi connectivity index (χ0v) is 18.5. The highest BCUT2D eigenvalue weighted by Gasteiger charge is 2.33. The summed E-state index contributed by atoms with van der Waals surface area (Å²) in [6, 6.07) is 8.98. The molecule has 1 atom stereocenters. The number of rotatable bonds is 9. The standard InChI is InChI=1S/C22H25ClN2O4S/c1-3-10-24(22(27)15-28-2)13-21(26)25-11-8-20-18(9-12-30-20)19(25)14-29-17-6-4-16(23)5-7-17/h3-7,9,12,19H,1,8,10-11,13-15H2,2H3/t19-/m0/s1. The highest BCUT2D eigenvalue weighted by molar-refractivity contribution is 7.10. The molecule has 1 aliphatic rings. The fourth-order valence-corrected chi connectivity index (χ4v) is 4.51. The van der Waals surface area contributed by atoms with Crippen LogP contribution < -0.4 is 4.74 Å². The minimum atomic E-state index is -0.243. The van der Waals surface area contributed by atoms with Gasteiger partial charge in [-0.15, -0.1) is 17.9 Å². The number of nitrogens with zero attached hydrogens (tertiary/aromatic N) is 2. The maximum atomic E-state index is 13.2. The molecule has 2 heterocycles. The Balaban J connectivity index is 1.75. The molecule has 0 aliphatic carbocycles. The highest BCUT2D eigenvalue weighted by Crippen LogP contribution is 2.34. The smallest absolute Gasteiger partial charge is 0.249 e. The van der Waals surface area contributed by atoms with Crippen molar-refractivity contribution in [2.45, 2.75) is 12.5 Å². The van der Waals surface area contributed by atoms with E-state index in [0.29, 0.717) is 23.9 Å². The van der Waals surface area contributed by atoms with Gasteiger partial charge in [-0.2, -0.15) is 0 Å². The molecule has 2 amide bonds. The molecule has 1 aromatic carbocycles. The predicted octanol–water partition coefficient (Wildman–Crippen LogP) is 3.57. The highest BCUT2D eigenvalue weighted by atomic mass is 35.5. The number of carbonyl (C=O) groups is 2. The summed E-state index contributed by atoms with van der Waals surface area (Å²) in [4.78, 5) is 30.0. The van der Waals surface area contributed by atoms with Crippen molar-refractivity contribution in [3.63, 3.8) is 0 Å². The van der Waals surface area contributed by atoms with Crippen LogP contribution in [0.4, 0.5) is 0 Å². The molecule has 160 valence electrons. The van der Waals surface area contributed by atoms with Crippen molar-refractivity contribution >= 4 is 34.8 Å². The van der Waals surface area contributed by atoms with Crippen LogP contribution in [0.3, 0.4) is 0 Å². The fourth-order valence-electron chi connectivity index (χ4n) is 3.46. The van der Waals surface area contributed by atoms with Crippen LogP contribution in [-0.4, -0.2) is 61.6 Å². The number of fused-ring (bicyclic) bond motifs is 1. The monoisotopic (exact) mass is 448 g/mol. The maximum Gasteiger partial charge on any atom is 0.249 e. The van der Waals surface area contributed by atoms with Crippen molar-refractivity contribution in [1.82, 2.24) is 9.80 Å². The van der Waals surface area contributed by atoms with E-state index < -0.39 is 0 Å². The van der Waals surface area contributed by atoms with E-state index in [1.165, 1.54) is 16.9 Å². The van der Waals surface area contributed by atoms with E-state index in [1.54, 1.807) is 46.6 Å². The molecule has 8 heteroatoms. The molecule has 2 aromatic rings. The van der Waals surface area contributed by atoms with Gasteiger partial charge in [-0.05, 0) is 47.7 Å². The Morgan fingerprint density at radius 3 is 2.80 bits per heavy atom. The van der Waals surface area contributed by atoms with Gasteiger partial charge in [-0.3, -0.25) is 9.59 Å². The number of halogens is 1. The summed E-state index contributed by atoms with van der Waals surface area (Å²) in [7, 11) is 1.46. The van der Waals surface area contributed by atoms with E-state index >= 15 is 0 Å². The lowest BCUT2D eigenvalue weighted by Crippen LogP contribution is -2.48. The molecule has 0 bridgehead atoms. The summed E-state index contributed by atoms with van der Waals surface area (Å²) >= 11 is 7.64. The van der Waals surface area contributed by atoms with Gasteiger partial charge in [0.1, 0.15) is 25.5 Å². The van der Waals surface area contributed by atoms with Gasteiger partial charge in [-0.25, -0.2) is 0 Å². The first-order valence-corrected chi connectivity index (χ1v) is 10.9. The Morgan fingerprint density at radius 2 is 2.10 bits per heavy atom. The second-order valence-corrected chi connectivity index (χ2v) is 8.35. The summed E-state index contributed by atoms with van der Waals surface area (Å²) in [6.45, 7) is 4.79. The normalized spacial score (nSPS) is 15.4. The van der Waals surface area contributed by atoms with E-state index in [2.05, 4.69) is 6.58 Å². The molecule has 6 nitrogen and oxygen atoms in total. The van der Waals surface area contributed by atoms with Crippen LogP contribution in [0.1, 0.15) is 16.5 Å². The van der Waals surface area contributed by atoms with Gasteiger partial charge in [0, 0.05) is 30.1 Å². The van der Waals surface area contributed by atoms with Gasteiger partial charge < -0.3 is 19.3 Å². The first-order chi connectivity index (χ1) is 14.5. The maximum absolute atomic E-state index is 13.2. The molecule has 0 unspecified atom stereocenters. The summed E-state index contributed by atoms with van der Waals surface area (Å²) in [5, 5.41) is 2.68. The first-order valence-electron chi connectivity index (χ1n) is 9.65. The SMILES string of the molecule is C=CCN(CC(=O)N1CCc2sccc2[C@@H]1COc1ccc(Cl)cc1)C(=O)COC. The number of methoxy groups -OCH3 is 1. The minimum absolute atomic E-state index is 0.0227. The lowest BCUT2D eigenvalue weighted by atomic mass is 10.0. The van der Waals surface area contributed by atoms with E-state index in [1.807, 2.05) is 11.4 Å². The molecule has 30 heavy (non-hydrogen) atoms. The Morgan fingerprint density at radius 1 is 1.33 bits per heavy atom. The topological polar surface area (TPSA) is 59.1 Å². The Bertz CT molecular complexity index is 884. The average Bonchev–Trinajstić information content (AvgIpc) is 3.22. The fraction of sp³-hybridized carbons (Fsp3) is 0.364. The van der Waals surface area contributed by atoms with Crippen LogP contribution in [0.15, 0.2) is 48.4 Å². The molecule has 0 N–H and O–H groups in total. The van der Waals surface area contributed by atoms with Crippen molar-refractivity contribution < 1.29 is 19.1 Å². The summed E-state index contributed by atoms with van der Waals surface area (Å²) in [5.41, 5.74) is 1.10. The van der Waals surface area contributed by atoms with Crippen LogP contribution in [0, 0.1) is 0 Å². The van der Waals surface area contributed by atoms with Gasteiger partial charge in [0.05, 0.1) is 6.04 Å². The number of ether oxygens (including phenoxy) is 2. The van der Waals surface area contributed by atoms with E-state index in [-0.39, 0.29) is 37.6 Å². The third-order valence-electron chi connectivity index (χ3n) is 4.93. The molecule has 3 rings (SSSR count). The van der Waals surface area contributed by atoms with E-state index in [0.717, 1.165) is 12.0 Å². The molecule has 0 radical (unpaired) electrons. The van der Waals surface area contributed by atoms with Crippen molar-refractivity contribution in [3.8, 4) is 5.75 Å². The van der Waals surface area contributed by atoms with Crippen LogP contribution in [-0.2, 0) is 20.7 Å². The van der Waals surface area contributed by atoms with Gasteiger partial charge in [-0.1, -0.05) is 17.7 Å². The first kappa shape index (κ1) is 22.3. The third kappa shape index (κ3) is 5.41. The Kier molecular flexibility index (Phi) is 7.90. The third-order valence-corrected chi connectivity index (χ3v) is 6.18. The largest absolute Gasteiger partial charge is 0.491 e. The predicted molar refractivity (Wildman–Crippen MR) is 118 cm³/mol. The number of amides is 2. The van der Waals surface area contributed by atoms with Crippen LogP contribution >= 0.6 is 22.9 Å². The quantitative estimate of drug-likeness (QED) is 0.550.